The van der Waals surface area contributed by atoms with E-state index >= 15 is 0 Å². The molecular weight excluding hydrogens is 234 g/mol. The van der Waals surface area contributed by atoms with Crippen molar-refractivity contribution in [2.45, 2.75) is 52.0 Å². The molecule has 0 saturated carbocycles. The predicted octanol–water partition coefficient (Wildman–Crippen LogP) is 2.84. The van der Waals surface area contributed by atoms with E-state index in [0.717, 1.165) is 32.5 Å². The number of hydrogen-bond donors (Lipinski definition) is 0. The lowest BCUT2D eigenvalue weighted by Crippen LogP contribution is -2.46. The number of halogens is 2. The van der Waals surface area contributed by atoms with Crippen molar-refractivity contribution >= 4 is 0 Å². The summed E-state index contributed by atoms with van der Waals surface area (Å²) >= 11 is 0. The van der Waals surface area contributed by atoms with Crippen LogP contribution in [0.25, 0.3) is 0 Å². The Morgan fingerprint density at radius 3 is 2.11 bits per heavy atom. The van der Waals surface area contributed by atoms with Gasteiger partial charge in [-0.25, -0.2) is 8.78 Å². The summed E-state index contributed by atoms with van der Waals surface area (Å²) in [4.78, 5) is 4.45. The first kappa shape index (κ1) is 14.2. The van der Waals surface area contributed by atoms with Crippen molar-refractivity contribution < 1.29 is 8.78 Å². The Bertz CT molecular complexity index is 284. The van der Waals surface area contributed by atoms with Gasteiger partial charge in [-0.2, -0.15) is 0 Å². The molecule has 4 heteroatoms. The van der Waals surface area contributed by atoms with Gasteiger partial charge in [0.15, 0.2) is 0 Å². The highest BCUT2D eigenvalue weighted by atomic mass is 19.3. The molecule has 2 fully saturated rings. The molecule has 0 radical (unpaired) electrons. The molecule has 106 valence electrons. The maximum absolute atomic E-state index is 13.2. The third-order valence-corrected chi connectivity index (χ3v) is 4.59. The van der Waals surface area contributed by atoms with Crippen LogP contribution in [0.15, 0.2) is 0 Å². The van der Waals surface area contributed by atoms with Gasteiger partial charge in [0.2, 0.25) is 0 Å². The molecule has 0 bridgehead atoms. The van der Waals surface area contributed by atoms with Crippen molar-refractivity contribution in [3.8, 4) is 0 Å². The van der Waals surface area contributed by atoms with Crippen molar-refractivity contribution in [3.63, 3.8) is 0 Å². The van der Waals surface area contributed by atoms with E-state index in [0.29, 0.717) is 12.6 Å². The highest BCUT2D eigenvalue weighted by Crippen LogP contribution is 2.35. The second kappa shape index (κ2) is 5.04. The van der Waals surface area contributed by atoms with Gasteiger partial charge in [-0.05, 0) is 45.2 Å². The minimum Gasteiger partial charge on any atom is -0.301 e. The van der Waals surface area contributed by atoms with Crippen LogP contribution >= 0.6 is 0 Å². The maximum atomic E-state index is 13.2. The monoisotopic (exact) mass is 260 g/mol. The topological polar surface area (TPSA) is 6.48 Å². The first-order chi connectivity index (χ1) is 8.30. The second-order valence-electron chi connectivity index (χ2n) is 6.76. The van der Waals surface area contributed by atoms with Crippen LogP contribution in [0.2, 0.25) is 0 Å². The van der Waals surface area contributed by atoms with Crippen molar-refractivity contribution in [3.05, 3.63) is 0 Å². The van der Waals surface area contributed by atoms with E-state index in [1.807, 2.05) is 4.90 Å². The highest BCUT2D eigenvalue weighted by Gasteiger charge is 2.41. The molecule has 2 aliphatic rings. The van der Waals surface area contributed by atoms with Gasteiger partial charge in [0, 0.05) is 25.6 Å². The summed E-state index contributed by atoms with van der Waals surface area (Å²) < 4.78 is 26.4. The van der Waals surface area contributed by atoms with Gasteiger partial charge in [0.05, 0.1) is 6.54 Å². The van der Waals surface area contributed by atoms with Crippen LogP contribution in [-0.4, -0.2) is 54.5 Å². The van der Waals surface area contributed by atoms with Crippen LogP contribution in [0, 0.1) is 5.41 Å². The van der Waals surface area contributed by atoms with Gasteiger partial charge in [-0.3, -0.25) is 4.90 Å². The molecule has 2 heterocycles. The average molecular weight is 260 g/mol. The van der Waals surface area contributed by atoms with Gasteiger partial charge in [-0.15, -0.1) is 0 Å². The van der Waals surface area contributed by atoms with Crippen LogP contribution in [0.4, 0.5) is 8.78 Å². The van der Waals surface area contributed by atoms with E-state index in [1.54, 1.807) is 0 Å². The number of hydrogen-bond acceptors (Lipinski definition) is 2. The molecule has 2 aliphatic heterocycles. The predicted molar refractivity (Wildman–Crippen MR) is 70.1 cm³/mol. The molecule has 0 aromatic rings. The minimum atomic E-state index is -2.45. The normalized spacial score (nSPS) is 29.0. The second-order valence-corrected chi connectivity index (χ2v) is 6.76. The Hall–Kier alpha value is -0.220. The lowest BCUT2D eigenvalue weighted by Gasteiger charge is -2.42. The van der Waals surface area contributed by atoms with E-state index in [-0.39, 0.29) is 18.4 Å². The minimum absolute atomic E-state index is 0.0313. The molecule has 2 nitrogen and oxygen atoms in total. The van der Waals surface area contributed by atoms with E-state index in [9.17, 15) is 8.78 Å². The Kier molecular flexibility index (Phi) is 3.98. The standard InChI is InChI=1S/C14H26F2N2/c1-12(2)18-8-4-13(3,5-9-18)10-17-7-6-14(15,16)11-17/h12H,4-11H2,1-3H3. The fourth-order valence-electron chi connectivity index (χ4n) is 3.22. The summed E-state index contributed by atoms with van der Waals surface area (Å²) in [6, 6.07) is 0.602. The summed E-state index contributed by atoms with van der Waals surface area (Å²) in [5.74, 6) is -2.45. The fourth-order valence-corrected chi connectivity index (χ4v) is 3.22. The van der Waals surface area contributed by atoms with Crippen molar-refractivity contribution in [2.75, 3.05) is 32.7 Å². The number of nitrogens with zero attached hydrogens (tertiary/aromatic N) is 2. The van der Waals surface area contributed by atoms with Gasteiger partial charge in [0.1, 0.15) is 0 Å². The quantitative estimate of drug-likeness (QED) is 0.770. The largest absolute Gasteiger partial charge is 0.301 e. The highest BCUT2D eigenvalue weighted by molar-refractivity contribution is 4.90. The molecule has 0 N–H and O–H groups in total. The van der Waals surface area contributed by atoms with Crippen LogP contribution < -0.4 is 0 Å². The molecule has 0 aromatic heterocycles. The molecule has 2 saturated heterocycles. The Morgan fingerprint density at radius 2 is 1.67 bits per heavy atom. The zero-order valence-electron chi connectivity index (χ0n) is 11.9. The number of piperidine rings is 1. The summed E-state index contributed by atoms with van der Waals surface area (Å²) in [5, 5.41) is 0. The summed E-state index contributed by atoms with van der Waals surface area (Å²) in [7, 11) is 0. The van der Waals surface area contributed by atoms with Gasteiger partial charge in [-0.1, -0.05) is 6.92 Å². The molecule has 0 atom stereocenters. The van der Waals surface area contributed by atoms with Crippen molar-refractivity contribution in [1.29, 1.82) is 0 Å². The van der Waals surface area contributed by atoms with E-state index in [2.05, 4.69) is 25.7 Å². The first-order valence-corrected chi connectivity index (χ1v) is 7.14. The van der Waals surface area contributed by atoms with Crippen LogP contribution in [0.3, 0.4) is 0 Å². The molecule has 2 rings (SSSR count). The lowest BCUT2D eigenvalue weighted by molar-refractivity contribution is 0.00330. The van der Waals surface area contributed by atoms with Gasteiger partial charge >= 0.3 is 0 Å². The molecule has 0 amide bonds. The Morgan fingerprint density at radius 1 is 1.06 bits per heavy atom. The summed E-state index contributed by atoms with van der Waals surface area (Å²) in [6.45, 7) is 10.3. The van der Waals surface area contributed by atoms with Crippen molar-refractivity contribution in [2.24, 2.45) is 5.41 Å². The molecule has 18 heavy (non-hydrogen) atoms. The number of likely N-dealkylation sites (tertiary alicyclic amines) is 2. The molecule has 0 aromatic carbocycles. The summed E-state index contributed by atoms with van der Waals surface area (Å²) in [5.41, 5.74) is 0.228. The van der Waals surface area contributed by atoms with Crippen LogP contribution in [0.5, 0.6) is 0 Å². The zero-order chi connectivity index (χ0) is 13.4. The summed E-state index contributed by atoms with van der Waals surface area (Å²) in [6.07, 6.45) is 2.31. The SMILES string of the molecule is CC(C)N1CCC(C)(CN2CCC(F)(F)C2)CC1. The Labute approximate surface area is 109 Å². The van der Waals surface area contributed by atoms with Crippen LogP contribution in [-0.2, 0) is 0 Å². The van der Waals surface area contributed by atoms with Crippen LogP contribution in [0.1, 0.15) is 40.0 Å². The van der Waals surface area contributed by atoms with Gasteiger partial charge in [0.25, 0.3) is 5.92 Å². The molecule has 0 aliphatic carbocycles. The van der Waals surface area contributed by atoms with E-state index < -0.39 is 5.92 Å². The molecule has 0 unspecified atom stereocenters. The molecular formula is C14H26F2N2. The van der Waals surface area contributed by atoms with Gasteiger partial charge < -0.3 is 4.90 Å². The number of alkyl halides is 2. The third kappa shape index (κ3) is 3.41. The zero-order valence-corrected chi connectivity index (χ0v) is 11.9. The third-order valence-electron chi connectivity index (χ3n) is 4.59. The van der Waals surface area contributed by atoms with E-state index in [4.69, 9.17) is 0 Å². The Balaban J connectivity index is 1.83. The lowest BCUT2D eigenvalue weighted by atomic mass is 9.79. The average Bonchev–Trinajstić information content (AvgIpc) is 2.57. The molecule has 0 spiro atoms. The maximum Gasteiger partial charge on any atom is 0.261 e. The first-order valence-electron chi connectivity index (χ1n) is 7.14. The van der Waals surface area contributed by atoms with Crippen molar-refractivity contribution in [1.82, 2.24) is 9.80 Å². The van der Waals surface area contributed by atoms with E-state index in [1.165, 1.54) is 0 Å². The smallest absolute Gasteiger partial charge is 0.261 e. The fraction of sp³-hybridized carbons (Fsp3) is 1.00. The number of rotatable bonds is 3.